The van der Waals surface area contributed by atoms with E-state index in [0.29, 0.717) is 0 Å². The topological polar surface area (TPSA) is 42.6 Å². The third-order valence-corrected chi connectivity index (χ3v) is 16.7. The molecule has 0 saturated carbocycles. The molecule has 7 nitrogen and oxygen atoms in total. The monoisotopic (exact) mass is 914 g/mol. The number of likely N-dealkylation sites (tertiary alicyclic amines) is 3. The lowest BCUT2D eigenvalue weighted by Crippen LogP contribution is -2.53. The molecule has 4 aliphatic heterocycles. The van der Waals surface area contributed by atoms with Crippen molar-refractivity contribution in [3.63, 3.8) is 0 Å². The fourth-order valence-electron chi connectivity index (χ4n) is 12.1. The zero-order valence-electron chi connectivity index (χ0n) is 42.3. The zero-order chi connectivity index (χ0) is 47.6. The van der Waals surface area contributed by atoms with Crippen LogP contribution in [0.2, 0.25) is 0 Å². The molecule has 5 heterocycles. The number of hydrogen-bond donors (Lipinski definition) is 0. The summed E-state index contributed by atoms with van der Waals surface area (Å²) in [5.74, 6) is 3.28. The Labute approximate surface area is 410 Å². The molecular weight excluding hydrogens is 831 g/mol. The average molecular weight is 914 g/mol. The molecule has 362 valence electrons. The molecule has 4 saturated heterocycles. The first kappa shape index (κ1) is 49.6. The van der Waals surface area contributed by atoms with E-state index < -0.39 is 0 Å². The van der Waals surface area contributed by atoms with Crippen LogP contribution >= 0.6 is 0 Å². The van der Waals surface area contributed by atoms with Crippen LogP contribution < -0.4 is 15.6 Å². The van der Waals surface area contributed by atoms with E-state index in [0.717, 1.165) is 78.9 Å². The van der Waals surface area contributed by atoms with Crippen LogP contribution in [0.3, 0.4) is 0 Å². The molecule has 68 heavy (non-hydrogen) atoms. The van der Waals surface area contributed by atoms with Gasteiger partial charge in [-0.05, 0) is 175 Å². The van der Waals surface area contributed by atoms with Crippen molar-refractivity contribution >= 4 is 42.0 Å². The highest BCUT2D eigenvalue weighted by Gasteiger charge is 2.32. The zero-order valence-corrected chi connectivity index (χ0v) is 42.3. The van der Waals surface area contributed by atoms with Crippen LogP contribution in [0.25, 0.3) is 23.9 Å². The Morgan fingerprint density at radius 2 is 1.22 bits per heavy atom. The summed E-state index contributed by atoms with van der Waals surface area (Å²) in [5, 5.41) is 4.51. The lowest BCUT2D eigenvalue weighted by atomic mass is 9.77. The highest BCUT2D eigenvalue weighted by molar-refractivity contribution is 5.95. The van der Waals surface area contributed by atoms with Crippen LogP contribution in [0.5, 0.6) is 0 Å². The van der Waals surface area contributed by atoms with Gasteiger partial charge in [-0.1, -0.05) is 93.8 Å². The van der Waals surface area contributed by atoms with Crippen molar-refractivity contribution in [2.75, 3.05) is 83.9 Å². The van der Waals surface area contributed by atoms with Gasteiger partial charge in [-0.3, -0.25) is 9.98 Å². The van der Waals surface area contributed by atoms with Gasteiger partial charge in [0.25, 0.3) is 0 Å². The molecular formula is C61H83N7. The molecule has 0 bridgehead atoms. The summed E-state index contributed by atoms with van der Waals surface area (Å²) in [6, 6.07) is 25.8. The minimum atomic E-state index is -0.0455. The minimum absolute atomic E-state index is 0.0455. The Morgan fingerprint density at radius 3 is 1.75 bits per heavy atom. The second kappa shape index (κ2) is 23.2. The maximum atomic E-state index is 4.50. The number of aryl methyl sites for hydroxylation is 1. The summed E-state index contributed by atoms with van der Waals surface area (Å²) in [4.78, 5) is 19.1. The molecule has 3 aromatic carbocycles. The number of rotatable bonds is 21. The van der Waals surface area contributed by atoms with Crippen molar-refractivity contribution in [1.82, 2.24) is 19.3 Å². The normalized spacial score (nSPS) is 19.8. The molecule has 4 fully saturated rings. The summed E-state index contributed by atoms with van der Waals surface area (Å²) in [6.07, 6.45) is 20.8. The molecule has 0 amide bonds. The number of piperidine rings is 3. The molecule has 0 spiro atoms. The number of nitrogens with zero attached hydrogens (tertiary/aromatic N) is 7. The number of anilines is 1. The number of aromatic nitrogens is 1. The number of allylic oxidation sites excluding steroid dienone is 3. The van der Waals surface area contributed by atoms with Gasteiger partial charge >= 0.3 is 0 Å². The van der Waals surface area contributed by atoms with Crippen molar-refractivity contribution in [1.29, 1.82) is 0 Å². The molecule has 4 aromatic rings. The van der Waals surface area contributed by atoms with E-state index in [2.05, 4.69) is 148 Å². The fraction of sp³-hybridized carbons (Fsp3) is 0.508. The summed E-state index contributed by atoms with van der Waals surface area (Å²) >= 11 is 0. The lowest BCUT2D eigenvalue weighted by molar-refractivity contribution is 0.0900. The third kappa shape index (κ3) is 12.1. The predicted molar refractivity (Wildman–Crippen MR) is 293 cm³/mol. The van der Waals surface area contributed by atoms with E-state index >= 15 is 0 Å². The maximum absolute atomic E-state index is 4.50. The Morgan fingerprint density at radius 1 is 0.691 bits per heavy atom. The van der Waals surface area contributed by atoms with Gasteiger partial charge in [-0.2, -0.15) is 0 Å². The lowest BCUT2D eigenvalue weighted by Gasteiger charge is -2.45. The van der Waals surface area contributed by atoms with Crippen LogP contribution in [0.1, 0.15) is 99.9 Å². The van der Waals surface area contributed by atoms with E-state index in [4.69, 9.17) is 0 Å². The van der Waals surface area contributed by atoms with E-state index in [1.54, 1.807) is 6.20 Å². The first-order valence-corrected chi connectivity index (χ1v) is 26.3. The molecule has 8 rings (SSSR count). The van der Waals surface area contributed by atoms with Crippen molar-refractivity contribution < 1.29 is 0 Å². The Bertz CT molecular complexity index is 2450. The van der Waals surface area contributed by atoms with Crippen molar-refractivity contribution in [2.24, 2.45) is 33.7 Å². The largest absolute Gasteiger partial charge is 0.371 e. The second-order valence-corrected chi connectivity index (χ2v) is 21.6. The standard InChI is InChI=1S/C61H83N7/c1-9-11-12-57(10-2)68-46(3)59-24-23-58(40-60(59)47(68)4)67-44-53(45-67)43-66-37-30-52(31-38-66)42-65-35-28-51(29-36-65)41-64-33-26-50(27-34-64)39-49-15-20-55(21-16-49)61(5,6)54-18-13-48(14-19-54)17-22-56(63-8)25-32-62-7/h9-10,13-16,18-21,23-25,32,40,50-53,57H,1-4,7,11-12,17,22,26-31,33-39,41-45H2,5-6,8H3/b32-25-,63-56?. The van der Waals surface area contributed by atoms with E-state index in [1.165, 1.54) is 143 Å². The second-order valence-electron chi connectivity index (χ2n) is 21.6. The summed E-state index contributed by atoms with van der Waals surface area (Å²) in [6.45, 7) is 39.0. The van der Waals surface area contributed by atoms with E-state index in [9.17, 15) is 0 Å². The molecule has 7 heteroatoms. The molecule has 1 unspecified atom stereocenters. The molecule has 0 radical (unpaired) electrons. The van der Waals surface area contributed by atoms with Gasteiger partial charge < -0.3 is 24.2 Å². The number of aliphatic imine (C=N–C) groups is 2. The van der Waals surface area contributed by atoms with Crippen molar-refractivity contribution in [3.8, 4) is 0 Å². The number of fused-ring (bicyclic) bond motifs is 1. The van der Waals surface area contributed by atoms with Crippen LogP contribution in [-0.4, -0.2) is 111 Å². The van der Waals surface area contributed by atoms with Crippen LogP contribution in [0, 0.1) is 23.7 Å². The summed E-state index contributed by atoms with van der Waals surface area (Å²) in [7, 11) is 1.84. The first-order valence-electron chi connectivity index (χ1n) is 26.3. The minimum Gasteiger partial charge on any atom is -0.371 e. The molecule has 4 aliphatic rings. The SMILES string of the molecule is C=CCCC(C=C)n1c(=C)c2ccc(N3CC(CN4CCC(CN5CCC(CN6CCC(Cc7ccc(C(C)(C)c8ccc(CCC(/C=C\N=C)=NC)cc8)cc7)CC6)CC5)CC4)C3)cc2c1=C. The number of hydrogen-bond acceptors (Lipinski definition) is 6. The Balaban J connectivity index is 0.693. The van der Waals surface area contributed by atoms with Crippen LogP contribution in [0.4, 0.5) is 5.69 Å². The van der Waals surface area contributed by atoms with Gasteiger partial charge in [0.05, 0.1) is 6.04 Å². The highest BCUT2D eigenvalue weighted by atomic mass is 15.2. The Hall–Kier alpha value is -4.82. The first-order chi connectivity index (χ1) is 33.0. The van der Waals surface area contributed by atoms with Crippen molar-refractivity contribution in [3.05, 3.63) is 137 Å². The van der Waals surface area contributed by atoms with Gasteiger partial charge in [0.15, 0.2) is 0 Å². The Kier molecular flexibility index (Phi) is 16.9. The molecule has 1 aromatic heterocycles. The average Bonchev–Trinajstić information content (AvgIpc) is 3.59. The fourth-order valence-corrected chi connectivity index (χ4v) is 12.1. The molecule has 0 N–H and O–H groups in total. The number of benzene rings is 3. The van der Waals surface area contributed by atoms with Gasteiger partial charge in [-0.25, -0.2) is 0 Å². The summed E-state index contributed by atoms with van der Waals surface area (Å²) < 4.78 is 2.27. The van der Waals surface area contributed by atoms with Gasteiger partial charge in [0, 0.05) is 90.2 Å². The molecule has 0 aliphatic carbocycles. The van der Waals surface area contributed by atoms with Gasteiger partial charge in [0.2, 0.25) is 0 Å². The maximum Gasteiger partial charge on any atom is 0.0522 e. The van der Waals surface area contributed by atoms with E-state index in [-0.39, 0.29) is 11.5 Å². The predicted octanol–water partition coefficient (Wildman–Crippen LogP) is 10.5. The summed E-state index contributed by atoms with van der Waals surface area (Å²) in [5.41, 5.74) is 7.88. The highest BCUT2D eigenvalue weighted by Crippen LogP contribution is 2.34. The van der Waals surface area contributed by atoms with Crippen LogP contribution in [0.15, 0.2) is 114 Å². The van der Waals surface area contributed by atoms with E-state index in [1.807, 2.05) is 25.3 Å². The van der Waals surface area contributed by atoms with Gasteiger partial charge in [0.1, 0.15) is 0 Å². The quantitative estimate of drug-likeness (QED) is 0.0617. The van der Waals surface area contributed by atoms with Crippen LogP contribution in [-0.2, 0) is 18.3 Å². The van der Waals surface area contributed by atoms with Crippen molar-refractivity contribution in [2.45, 2.75) is 95.9 Å². The molecule has 1 atom stereocenters. The smallest absolute Gasteiger partial charge is 0.0522 e. The van der Waals surface area contributed by atoms with Gasteiger partial charge in [-0.15, -0.1) is 13.2 Å². The third-order valence-electron chi connectivity index (χ3n) is 16.7.